The van der Waals surface area contributed by atoms with E-state index in [4.69, 9.17) is 10.8 Å². The molecule has 0 aliphatic carbocycles. The number of carbonyl (C=O) groups is 3. The summed E-state index contributed by atoms with van der Waals surface area (Å²) in [5.41, 5.74) is 4.55. The molecule has 1 rings (SSSR count). The first kappa shape index (κ1) is 17.8. The Kier molecular flexibility index (Phi) is 5.43. The fourth-order valence-corrected chi connectivity index (χ4v) is 2.39. The number of Topliss-reactive ketones (excluding diaryl/α,β-unsaturated/α-hetero) is 1. The van der Waals surface area contributed by atoms with Crippen molar-refractivity contribution < 1.29 is 24.6 Å². The highest BCUT2D eigenvalue weighted by Gasteiger charge is 2.44. The minimum Gasteiger partial charge on any atom is -0.480 e. The van der Waals surface area contributed by atoms with Gasteiger partial charge in [-0.1, -0.05) is 32.9 Å². The van der Waals surface area contributed by atoms with Gasteiger partial charge in [-0.2, -0.15) is 0 Å². The van der Waals surface area contributed by atoms with Crippen LogP contribution in [-0.4, -0.2) is 33.5 Å². The van der Waals surface area contributed by atoms with Crippen molar-refractivity contribution in [1.29, 1.82) is 0 Å². The molecule has 0 aromatic heterocycles. The van der Waals surface area contributed by atoms with Crippen LogP contribution in [0, 0.1) is 5.92 Å². The van der Waals surface area contributed by atoms with Crippen LogP contribution in [-0.2, 0) is 9.59 Å². The van der Waals surface area contributed by atoms with Crippen molar-refractivity contribution in [3.8, 4) is 0 Å². The van der Waals surface area contributed by atoms with Gasteiger partial charge in [0, 0.05) is 5.92 Å². The molecule has 6 heteroatoms. The summed E-state index contributed by atoms with van der Waals surface area (Å²) in [6.07, 6.45) is 0.0404. The summed E-state index contributed by atoms with van der Waals surface area (Å²) in [7, 11) is 0. The van der Waals surface area contributed by atoms with Crippen LogP contribution in [0.15, 0.2) is 24.3 Å². The Labute approximate surface area is 128 Å². The first-order valence-corrected chi connectivity index (χ1v) is 6.99. The topological polar surface area (TPSA) is 118 Å². The number of aromatic carboxylic acids is 1. The summed E-state index contributed by atoms with van der Waals surface area (Å²) in [5, 5.41) is 18.2. The number of hydrogen-bond donors (Lipinski definition) is 3. The maximum Gasteiger partial charge on any atom is 0.335 e. The van der Waals surface area contributed by atoms with Gasteiger partial charge in [0.15, 0.2) is 11.3 Å². The maximum atomic E-state index is 12.5. The van der Waals surface area contributed by atoms with Crippen molar-refractivity contribution in [3.05, 3.63) is 35.4 Å². The summed E-state index contributed by atoms with van der Waals surface area (Å²) in [5.74, 6) is -3.78. The monoisotopic (exact) mass is 307 g/mol. The predicted octanol–water partition coefficient (Wildman–Crippen LogP) is 1.89. The molecule has 0 radical (unpaired) electrons. The minimum absolute atomic E-state index is 0.0404. The van der Waals surface area contributed by atoms with Crippen molar-refractivity contribution in [3.63, 3.8) is 0 Å². The lowest BCUT2D eigenvalue weighted by Crippen LogP contribution is -2.57. The SMILES string of the molecule is CC(C)CC(N)(C(=O)O)C(=O)C(C)c1ccc(C(=O)O)cc1. The molecule has 6 nitrogen and oxygen atoms in total. The normalized spacial score (nSPS) is 15.1. The van der Waals surface area contributed by atoms with Crippen molar-refractivity contribution in [2.24, 2.45) is 11.7 Å². The number of ketones is 1. The molecule has 0 heterocycles. The van der Waals surface area contributed by atoms with E-state index in [0.717, 1.165) is 0 Å². The molecular weight excluding hydrogens is 286 g/mol. The van der Waals surface area contributed by atoms with E-state index >= 15 is 0 Å². The summed E-state index contributed by atoms with van der Waals surface area (Å²) < 4.78 is 0. The molecule has 0 aliphatic heterocycles. The number of carbonyl (C=O) groups excluding carboxylic acids is 1. The van der Waals surface area contributed by atoms with E-state index in [2.05, 4.69) is 0 Å². The average molecular weight is 307 g/mol. The maximum absolute atomic E-state index is 12.5. The van der Waals surface area contributed by atoms with Crippen LogP contribution in [0.5, 0.6) is 0 Å². The molecular formula is C16H21NO5. The Hall–Kier alpha value is -2.21. The number of hydrogen-bond acceptors (Lipinski definition) is 4. The number of carboxylic acid groups (broad SMARTS) is 2. The molecule has 22 heavy (non-hydrogen) atoms. The summed E-state index contributed by atoms with van der Waals surface area (Å²) in [4.78, 5) is 34.8. The van der Waals surface area contributed by atoms with Gasteiger partial charge in [0.2, 0.25) is 0 Å². The third-order valence-electron chi connectivity index (χ3n) is 3.60. The molecule has 2 unspecified atom stereocenters. The smallest absolute Gasteiger partial charge is 0.335 e. The minimum atomic E-state index is -1.95. The van der Waals surface area contributed by atoms with Gasteiger partial charge in [-0.05, 0) is 30.0 Å². The van der Waals surface area contributed by atoms with Crippen LogP contribution >= 0.6 is 0 Å². The number of rotatable bonds is 7. The average Bonchev–Trinajstić information content (AvgIpc) is 2.44. The predicted molar refractivity (Wildman–Crippen MR) is 80.8 cm³/mol. The van der Waals surface area contributed by atoms with Crippen LogP contribution in [0.25, 0.3) is 0 Å². The number of benzene rings is 1. The van der Waals surface area contributed by atoms with Crippen LogP contribution in [0.2, 0.25) is 0 Å². The van der Waals surface area contributed by atoms with Crippen LogP contribution < -0.4 is 5.73 Å². The molecule has 120 valence electrons. The van der Waals surface area contributed by atoms with Crippen LogP contribution in [0.1, 0.15) is 49.0 Å². The molecule has 2 atom stereocenters. The zero-order chi connectivity index (χ0) is 17.1. The standard InChI is InChI=1S/C16H21NO5/c1-9(2)8-16(17,15(21)22)13(18)10(3)11-4-6-12(7-5-11)14(19)20/h4-7,9-10H,8,17H2,1-3H3,(H,19,20)(H,21,22). The van der Waals surface area contributed by atoms with Gasteiger partial charge < -0.3 is 15.9 Å². The first-order chi connectivity index (χ1) is 10.1. The molecule has 0 saturated heterocycles. The summed E-state index contributed by atoms with van der Waals surface area (Å²) in [6.45, 7) is 5.16. The highest BCUT2D eigenvalue weighted by atomic mass is 16.4. The second-order valence-corrected chi connectivity index (χ2v) is 5.89. The van der Waals surface area contributed by atoms with Crippen LogP contribution in [0.3, 0.4) is 0 Å². The van der Waals surface area contributed by atoms with E-state index in [9.17, 15) is 19.5 Å². The number of aliphatic carboxylic acids is 1. The Morgan fingerprint density at radius 1 is 1.09 bits per heavy atom. The van der Waals surface area contributed by atoms with Crippen molar-refractivity contribution in [1.82, 2.24) is 0 Å². The lowest BCUT2D eigenvalue weighted by Gasteiger charge is -2.28. The molecule has 0 saturated carbocycles. The van der Waals surface area contributed by atoms with Gasteiger partial charge in [-0.3, -0.25) is 4.79 Å². The van der Waals surface area contributed by atoms with Crippen molar-refractivity contribution in [2.75, 3.05) is 0 Å². The zero-order valence-electron chi connectivity index (χ0n) is 12.9. The Balaban J connectivity index is 3.08. The summed E-state index contributed by atoms with van der Waals surface area (Å²) >= 11 is 0. The van der Waals surface area contributed by atoms with E-state index in [1.807, 2.05) is 0 Å². The van der Waals surface area contributed by atoms with Crippen LogP contribution in [0.4, 0.5) is 0 Å². The highest BCUT2D eigenvalue weighted by Crippen LogP contribution is 2.26. The van der Waals surface area contributed by atoms with E-state index < -0.39 is 29.2 Å². The molecule has 0 bridgehead atoms. The fraction of sp³-hybridized carbons (Fsp3) is 0.438. The first-order valence-electron chi connectivity index (χ1n) is 6.99. The third kappa shape index (κ3) is 3.71. The summed E-state index contributed by atoms with van der Waals surface area (Å²) in [6, 6.07) is 5.76. The number of carboxylic acids is 2. The molecule has 0 spiro atoms. The molecule has 4 N–H and O–H groups in total. The molecule has 0 aliphatic rings. The number of nitrogens with two attached hydrogens (primary N) is 1. The molecule has 1 aromatic rings. The van der Waals surface area contributed by atoms with Gasteiger partial charge in [-0.25, -0.2) is 9.59 Å². The van der Waals surface area contributed by atoms with Crippen molar-refractivity contribution in [2.45, 2.75) is 38.6 Å². The lowest BCUT2D eigenvalue weighted by molar-refractivity contribution is -0.149. The van der Waals surface area contributed by atoms with E-state index in [1.165, 1.54) is 24.3 Å². The van der Waals surface area contributed by atoms with Gasteiger partial charge in [0.05, 0.1) is 5.56 Å². The Morgan fingerprint density at radius 3 is 1.95 bits per heavy atom. The zero-order valence-corrected chi connectivity index (χ0v) is 12.9. The van der Waals surface area contributed by atoms with Crippen molar-refractivity contribution >= 4 is 17.7 Å². The van der Waals surface area contributed by atoms with E-state index in [1.54, 1.807) is 20.8 Å². The van der Waals surface area contributed by atoms with Gasteiger partial charge in [-0.15, -0.1) is 0 Å². The fourth-order valence-electron chi connectivity index (χ4n) is 2.39. The van der Waals surface area contributed by atoms with E-state index in [0.29, 0.717) is 5.56 Å². The third-order valence-corrected chi connectivity index (χ3v) is 3.60. The second kappa shape index (κ2) is 6.70. The molecule has 0 amide bonds. The van der Waals surface area contributed by atoms with Gasteiger partial charge in [0.1, 0.15) is 0 Å². The Bertz CT molecular complexity index is 579. The Morgan fingerprint density at radius 2 is 1.59 bits per heavy atom. The quantitative estimate of drug-likeness (QED) is 0.662. The van der Waals surface area contributed by atoms with E-state index in [-0.39, 0.29) is 17.9 Å². The second-order valence-electron chi connectivity index (χ2n) is 5.89. The largest absolute Gasteiger partial charge is 0.480 e. The highest BCUT2D eigenvalue weighted by molar-refractivity contribution is 6.10. The van der Waals surface area contributed by atoms with Gasteiger partial charge in [0.25, 0.3) is 0 Å². The van der Waals surface area contributed by atoms with Gasteiger partial charge >= 0.3 is 11.9 Å². The molecule has 1 aromatic carbocycles. The lowest BCUT2D eigenvalue weighted by atomic mass is 9.79. The molecule has 0 fully saturated rings.